The molecule has 0 aliphatic heterocycles. The average Bonchev–Trinajstić information content (AvgIpc) is 2.43. The lowest BCUT2D eigenvalue weighted by Crippen LogP contribution is -2.06. The van der Waals surface area contributed by atoms with E-state index >= 15 is 0 Å². The summed E-state index contributed by atoms with van der Waals surface area (Å²) in [5.74, 6) is 0. The van der Waals surface area contributed by atoms with Crippen LogP contribution >= 0.6 is 0 Å². The first kappa shape index (κ1) is 12.1. The van der Waals surface area contributed by atoms with Gasteiger partial charge in [-0.25, -0.2) is 0 Å². The van der Waals surface area contributed by atoms with Crippen molar-refractivity contribution in [1.29, 1.82) is 0 Å². The Hall–Kier alpha value is -1.96. The fraction of sp³-hybridized carbons (Fsp3) is 0.294. The average molecular weight is 252 g/mol. The number of aryl methyl sites for hydroxylation is 2. The smallest absolute Gasteiger partial charge is 0.0419 e. The Morgan fingerprint density at radius 1 is 1.05 bits per heavy atom. The van der Waals surface area contributed by atoms with E-state index in [9.17, 15) is 0 Å². The summed E-state index contributed by atoms with van der Waals surface area (Å²) in [6, 6.07) is 12.7. The molecule has 0 saturated carbocycles. The number of hydrogen-bond acceptors (Lipinski definition) is 2. The van der Waals surface area contributed by atoms with Gasteiger partial charge >= 0.3 is 0 Å². The molecule has 0 saturated heterocycles. The van der Waals surface area contributed by atoms with E-state index < -0.39 is 0 Å². The molecule has 0 fully saturated rings. The fourth-order valence-electron chi connectivity index (χ4n) is 2.77. The number of rotatable bonds is 2. The van der Waals surface area contributed by atoms with Crippen LogP contribution in [-0.4, -0.2) is 0 Å². The topological polar surface area (TPSA) is 38.0 Å². The van der Waals surface area contributed by atoms with E-state index in [2.05, 4.69) is 35.6 Å². The number of anilines is 3. The quantitative estimate of drug-likeness (QED) is 0.786. The maximum atomic E-state index is 5.97. The molecule has 2 aromatic carbocycles. The zero-order valence-corrected chi connectivity index (χ0v) is 11.4. The van der Waals surface area contributed by atoms with Gasteiger partial charge in [0.25, 0.3) is 0 Å². The Labute approximate surface area is 114 Å². The summed E-state index contributed by atoms with van der Waals surface area (Å²) in [6.45, 7) is 2.03. The van der Waals surface area contributed by atoms with E-state index in [4.69, 9.17) is 5.73 Å². The van der Waals surface area contributed by atoms with Gasteiger partial charge in [0.2, 0.25) is 0 Å². The SMILES string of the molecule is Cc1ccc(Nc2cccc3c2CCCC3)cc1N. The molecule has 0 aromatic heterocycles. The summed E-state index contributed by atoms with van der Waals surface area (Å²) in [5.41, 5.74) is 13.2. The van der Waals surface area contributed by atoms with Crippen LogP contribution in [0.5, 0.6) is 0 Å². The molecule has 0 heterocycles. The van der Waals surface area contributed by atoms with Gasteiger partial charge in [0.1, 0.15) is 0 Å². The predicted molar refractivity (Wildman–Crippen MR) is 82.0 cm³/mol. The summed E-state index contributed by atoms with van der Waals surface area (Å²) < 4.78 is 0. The minimum Gasteiger partial charge on any atom is -0.398 e. The van der Waals surface area contributed by atoms with Crippen molar-refractivity contribution >= 4 is 17.1 Å². The van der Waals surface area contributed by atoms with Gasteiger partial charge in [-0.2, -0.15) is 0 Å². The monoisotopic (exact) mass is 252 g/mol. The van der Waals surface area contributed by atoms with E-state index in [1.54, 1.807) is 0 Å². The number of nitrogens with two attached hydrogens (primary N) is 1. The number of fused-ring (bicyclic) bond motifs is 1. The van der Waals surface area contributed by atoms with Crippen LogP contribution in [0.25, 0.3) is 0 Å². The summed E-state index contributed by atoms with van der Waals surface area (Å²) in [5, 5.41) is 3.52. The molecular formula is C17H20N2. The van der Waals surface area contributed by atoms with E-state index in [0.29, 0.717) is 0 Å². The molecular weight excluding hydrogens is 232 g/mol. The minimum atomic E-state index is 0.842. The molecule has 0 unspecified atom stereocenters. The van der Waals surface area contributed by atoms with Crippen molar-refractivity contribution in [1.82, 2.24) is 0 Å². The maximum absolute atomic E-state index is 5.97. The summed E-state index contributed by atoms with van der Waals surface area (Å²) in [7, 11) is 0. The van der Waals surface area contributed by atoms with E-state index in [-0.39, 0.29) is 0 Å². The Bertz CT molecular complexity index is 602. The Morgan fingerprint density at radius 2 is 1.89 bits per heavy atom. The molecule has 0 spiro atoms. The number of nitrogens with one attached hydrogen (secondary N) is 1. The molecule has 98 valence electrons. The Balaban J connectivity index is 1.92. The van der Waals surface area contributed by atoms with Gasteiger partial charge in [0, 0.05) is 17.1 Å². The number of hydrogen-bond donors (Lipinski definition) is 2. The number of benzene rings is 2. The molecule has 1 aliphatic rings. The van der Waals surface area contributed by atoms with Crippen LogP contribution in [0.1, 0.15) is 29.5 Å². The van der Waals surface area contributed by atoms with Crippen molar-refractivity contribution in [2.75, 3.05) is 11.1 Å². The van der Waals surface area contributed by atoms with Crippen LogP contribution in [0.2, 0.25) is 0 Å². The van der Waals surface area contributed by atoms with Crippen LogP contribution in [0.3, 0.4) is 0 Å². The molecule has 2 nitrogen and oxygen atoms in total. The second-order valence-electron chi connectivity index (χ2n) is 5.35. The van der Waals surface area contributed by atoms with E-state index in [0.717, 1.165) is 16.9 Å². The molecule has 2 heteroatoms. The maximum Gasteiger partial charge on any atom is 0.0419 e. The van der Waals surface area contributed by atoms with Crippen molar-refractivity contribution in [2.45, 2.75) is 32.6 Å². The molecule has 0 amide bonds. The van der Waals surface area contributed by atoms with E-state index in [1.165, 1.54) is 42.5 Å². The highest BCUT2D eigenvalue weighted by molar-refractivity contribution is 5.68. The third kappa shape index (κ3) is 2.43. The summed E-state index contributed by atoms with van der Waals surface area (Å²) in [6.07, 6.45) is 5.00. The second kappa shape index (κ2) is 4.96. The van der Waals surface area contributed by atoms with Gasteiger partial charge in [-0.1, -0.05) is 18.2 Å². The molecule has 0 radical (unpaired) electrons. The molecule has 19 heavy (non-hydrogen) atoms. The molecule has 3 rings (SSSR count). The van der Waals surface area contributed by atoms with Crippen LogP contribution in [0.4, 0.5) is 17.1 Å². The lowest BCUT2D eigenvalue weighted by atomic mass is 9.90. The van der Waals surface area contributed by atoms with Crippen LogP contribution in [0.15, 0.2) is 36.4 Å². The van der Waals surface area contributed by atoms with Gasteiger partial charge < -0.3 is 11.1 Å². The molecule has 0 bridgehead atoms. The van der Waals surface area contributed by atoms with Crippen molar-refractivity contribution < 1.29 is 0 Å². The zero-order chi connectivity index (χ0) is 13.2. The van der Waals surface area contributed by atoms with Crippen LogP contribution in [-0.2, 0) is 12.8 Å². The first-order chi connectivity index (χ1) is 9.24. The molecule has 3 N–H and O–H groups in total. The zero-order valence-electron chi connectivity index (χ0n) is 11.4. The summed E-state index contributed by atoms with van der Waals surface area (Å²) in [4.78, 5) is 0. The van der Waals surface area contributed by atoms with E-state index in [1.807, 2.05) is 13.0 Å². The Kier molecular flexibility index (Phi) is 3.16. The van der Waals surface area contributed by atoms with Crippen LogP contribution < -0.4 is 11.1 Å². The summed E-state index contributed by atoms with van der Waals surface area (Å²) >= 11 is 0. The highest BCUT2D eigenvalue weighted by atomic mass is 14.9. The van der Waals surface area contributed by atoms with Crippen molar-refractivity contribution in [3.63, 3.8) is 0 Å². The molecule has 1 aliphatic carbocycles. The highest BCUT2D eigenvalue weighted by Crippen LogP contribution is 2.30. The second-order valence-corrected chi connectivity index (χ2v) is 5.35. The standard InChI is InChI=1S/C17H20N2/c1-12-9-10-14(11-16(12)18)19-17-8-4-6-13-5-2-3-7-15(13)17/h4,6,8-11,19H,2-3,5,7,18H2,1H3. The normalized spacial score (nSPS) is 13.9. The highest BCUT2D eigenvalue weighted by Gasteiger charge is 2.12. The first-order valence-corrected chi connectivity index (χ1v) is 6.98. The van der Waals surface area contributed by atoms with Crippen LogP contribution in [0, 0.1) is 6.92 Å². The number of nitrogen functional groups attached to an aromatic ring is 1. The van der Waals surface area contributed by atoms with Gasteiger partial charge in [-0.15, -0.1) is 0 Å². The van der Waals surface area contributed by atoms with Gasteiger partial charge in [0.05, 0.1) is 0 Å². The fourth-order valence-corrected chi connectivity index (χ4v) is 2.77. The van der Waals surface area contributed by atoms with Crippen molar-refractivity contribution in [2.24, 2.45) is 0 Å². The lowest BCUT2D eigenvalue weighted by molar-refractivity contribution is 0.687. The Morgan fingerprint density at radius 3 is 2.74 bits per heavy atom. The third-order valence-electron chi connectivity index (χ3n) is 3.95. The van der Waals surface area contributed by atoms with Gasteiger partial charge in [0.15, 0.2) is 0 Å². The minimum absolute atomic E-state index is 0.842. The molecule has 0 atom stereocenters. The third-order valence-corrected chi connectivity index (χ3v) is 3.95. The lowest BCUT2D eigenvalue weighted by Gasteiger charge is -2.20. The van der Waals surface area contributed by atoms with Crippen molar-refractivity contribution in [3.8, 4) is 0 Å². The van der Waals surface area contributed by atoms with Gasteiger partial charge in [-0.3, -0.25) is 0 Å². The van der Waals surface area contributed by atoms with Crippen molar-refractivity contribution in [3.05, 3.63) is 53.1 Å². The van der Waals surface area contributed by atoms with Gasteiger partial charge in [-0.05, 0) is 67.5 Å². The predicted octanol–water partition coefficient (Wildman–Crippen LogP) is 4.20. The largest absolute Gasteiger partial charge is 0.398 e. The molecule has 2 aromatic rings. The first-order valence-electron chi connectivity index (χ1n) is 6.98.